The van der Waals surface area contributed by atoms with E-state index in [1.54, 1.807) is 6.92 Å². The first kappa shape index (κ1) is 9.92. The van der Waals surface area contributed by atoms with E-state index in [4.69, 9.17) is 4.42 Å². The molecule has 72 valence electrons. The molecule has 13 heavy (non-hydrogen) atoms. The second-order valence-electron chi connectivity index (χ2n) is 3.23. The third kappa shape index (κ3) is 2.66. The molecule has 4 nitrogen and oxygen atoms in total. The zero-order chi connectivity index (χ0) is 9.84. The number of aldehydes is 1. The number of aryl methyl sites for hydroxylation is 1. The minimum absolute atomic E-state index is 0.341. The van der Waals surface area contributed by atoms with Crippen LogP contribution in [0.25, 0.3) is 0 Å². The van der Waals surface area contributed by atoms with Crippen molar-refractivity contribution in [3.05, 3.63) is 17.3 Å². The van der Waals surface area contributed by atoms with Crippen LogP contribution in [0.3, 0.4) is 0 Å². The van der Waals surface area contributed by atoms with Gasteiger partial charge in [0, 0.05) is 13.0 Å². The Kier molecular flexibility index (Phi) is 3.19. The largest absolute Gasteiger partial charge is 0.438 e. The average Bonchev–Trinajstić information content (AvgIpc) is 2.43. The number of hydrogen-bond donors (Lipinski definition) is 0. The molecule has 0 N–H and O–H groups in total. The summed E-state index contributed by atoms with van der Waals surface area (Å²) < 4.78 is 5.21. The smallest absolute Gasteiger partial charge is 0.196 e. The number of hydrogen-bond acceptors (Lipinski definition) is 4. The lowest BCUT2D eigenvalue weighted by atomic mass is 10.4. The molecule has 0 saturated heterocycles. The van der Waals surface area contributed by atoms with Crippen LogP contribution in [-0.4, -0.2) is 36.8 Å². The van der Waals surface area contributed by atoms with Crippen molar-refractivity contribution in [1.82, 2.24) is 9.88 Å². The number of carbonyl (C=O) groups excluding carboxylic acids is 1. The fraction of sp³-hybridized carbons (Fsp3) is 0.556. The van der Waals surface area contributed by atoms with Crippen molar-refractivity contribution in [1.29, 1.82) is 0 Å². The van der Waals surface area contributed by atoms with E-state index in [0.717, 1.165) is 13.0 Å². The maximum absolute atomic E-state index is 10.4. The van der Waals surface area contributed by atoms with Crippen LogP contribution in [0.5, 0.6) is 0 Å². The number of rotatable bonds is 4. The molecule has 1 heterocycles. The van der Waals surface area contributed by atoms with Gasteiger partial charge in [0.05, 0.1) is 5.69 Å². The van der Waals surface area contributed by atoms with E-state index in [1.165, 1.54) is 0 Å². The van der Waals surface area contributed by atoms with Crippen LogP contribution in [0.15, 0.2) is 4.42 Å². The van der Waals surface area contributed by atoms with Crippen molar-refractivity contribution >= 4 is 6.29 Å². The molecule has 0 bridgehead atoms. The fourth-order valence-corrected chi connectivity index (χ4v) is 1.00. The minimum atomic E-state index is 0.341. The van der Waals surface area contributed by atoms with Gasteiger partial charge in [-0.15, -0.1) is 0 Å². The highest BCUT2D eigenvalue weighted by molar-refractivity contribution is 5.71. The van der Waals surface area contributed by atoms with E-state index in [2.05, 4.69) is 4.98 Å². The van der Waals surface area contributed by atoms with Gasteiger partial charge in [0.25, 0.3) is 0 Å². The van der Waals surface area contributed by atoms with Crippen molar-refractivity contribution < 1.29 is 9.21 Å². The molecule has 0 unspecified atom stereocenters. The van der Waals surface area contributed by atoms with Crippen molar-refractivity contribution in [3.63, 3.8) is 0 Å². The first-order valence-corrected chi connectivity index (χ1v) is 4.19. The molecule has 1 aromatic rings. The molecule has 0 fully saturated rings. The predicted molar refractivity (Wildman–Crippen MR) is 48.9 cm³/mol. The summed E-state index contributed by atoms with van der Waals surface area (Å²) in [7, 11) is 3.97. The van der Waals surface area contributed by atoms with E-state index in [-0.39, 0.29) is 0 Å². The SMILES string of the molecule is Cc1nc(CCN(C)C)oc1C=O. The molecule has 0 radical (unpaired) electrons. The van der Waals surface area contributed by atoms with E-state index < -0.39 is 0 Å². The summed E-state index contributed by atoms with van der Waals surface area (Å²) in [4.78, 5) is 16.6. The number of aromatic nitrogens is 1. The Morgan fingerprint density at radius 1 is 1.54 bits per heavy atom. The number of oxazole rings is 1. The van der Waals surface area contributed by atoms with Gasteiger partial charge in [-0.1, -0.05) is 0 Å². The standard InChI is InChI=1S/C9H14N2O2/c1-7-8(6-12)13-9(10-7)4-5-11(2)3/h6H,4-5H2,1-3H3. The zero-order valence-electron chi connectivity index (χ0n) is 8.20. The Morgan fingerprint density at radius 3 is 2.69 bits per heavy atom. The highest BCUT2D eigenvalue weighted by Gasteiger charge is 2.07. The van der Waals surface area contributed by atoms with Crippen LogP contribution in [0.2, 0.25) is 0 Å². The highest BCUT2D eigenvalue weighted by Crippen LogP contribution is 2.07. The topological polar surface area (TPSA) is 46.3 Å². The monoisotopic (exact) mass is 182 g/mol. The summed E-state index contributed by atoms with van der Waals surface area (Å²) in [6.45, 7) is 2.64. The van der Waals surface area contributed by atoms with Crippen molar-refractivity contribution in [3.8, 4) is 0 Å². The van der Waals surface area contributed by atoms with Gasteiger partial charge in [-0.3, -0.25) is 4.79 Å². The Labute approximate surface area is 77.6 Å². The van der Waals surface area contributed by atoms with Crippen LogP contribution in [0, 0.1) is 6.92 Å². The summed E-state index contributed by atoms with van der Waals surface area (Å²) in [5.41, 5.74) is 0.670. The maximum Gasteiger partial charge on any atom is 0.196 e. The molecule has 4 heteroatoms. The molecule has 0 amide bonds. The molecular formula is C9H14N2O2. The van der Waals surface area contributed by atoms with Gasteiger partial charge in [-0.25, -0.2) is 4.98 Å². The molecule has 0 saturated carbocycles. The van der Waals surface area contributed by atoms with Gasteiger partial charge >= 0.3 is 0 Å². The second kappa shape index (κ2) is 4.18. The molecular weight excluding hydrogens is 168 g/mol. The average molecular weight is 182 g/mol. The van der Waals surface area contributed by atoms with Crippen LogP contribution >= 0.6 is 0 Å². The Hall–Kier alpha value is -1.16. The Morgan fingerprint density at radius 2 is 2.23 bits per heavy atom. The van der Waals surface area contributed by atoms with Gasteiger partial charge in [0.15, 0.2) is 17.9 Å². The van der Waals surface area contributed by atoms with Crippen molar-refractivity contribution in [2.45, 2.75) is 13.3 Å². The molecule has 0 spiro atoms. The van der Waals surface area contributed by atoms with Crippen molar-refractivity contribution in [2.24, 2.45) is 0 Å². The van der Waals surface area contributed by atoms with E-state index in [0.29, 0.717) is 23.6 Å². The number of likely N-dealkylation sites (N-methyl/N-ethyl adjacent to an activating group) is 1. The highest BCUT2D eigenvalue weighted by atomic mass is 16.4. The molecule has 0 aromatic carbocycles. The summed E-state index contributed by atoms with van der Waals surface area (Å²) in [6.07, 6.45) is 1.43. The lowest BCUT2D eigenvalue weighted by Crippen LogP contribution is -2.15. The Balaban J connectivity index is 2.63. The lowest BCUT2D eigenvalue weighted by Gasteiger charge is -2.05. The molecule has 1 rings (SSSR count). The van der Waals surface area contributed by atoms with Crippen LogP contribution in [0.4, 0.5) is 0 Å². The quantitative estimate of drug-likeness (QED) is 0.649. The molecule has 0 aliphatic heterocycles. The van der Waals surface area contributed by atoms with E-state index in [9.17, 15) is 4.79 Å². The summed E-state index contributed by atoms with van der Waals surface area (Å²) >= 11 is 0. The molecule has 0 aliphatic rings. The molecule has 0 aliphatic carbocycles. The summed E-state index contributed by atoms with van der Waals surface area (Å²) in [6, 6.07) is 0. The van der Waals surface area contributed by atoms with Gasteiger partial charge in [-0.2, -0.15) is 0 Å². The molecule has 1 aromatic heterocycles. The van der Waals surface area contributed by atoms with Crippen LogP contribution in [0.1, 0.15) is 22.1 Å². The predicted octanol–water partition coefficient (Wildman–Crippen LogP) is 0.900. The summed E-state index contributed by atoms with van der Waals surface area (Å²) in [5.74, 6) is 0.974. The van der Waals surface area contributed by atoms with Gasteiger partial charge in [0.1, 0.15) is 0 Å². The van der Waals surface area contributed by atoms with Gasteiger partial charge < -0.3 is 9.32 Å². The number of carbonyl (C=O) groups is 1. The third-order valence-corrected chi connectivity index (χ3v) is 1.76. The Bertz CT molecular complexity index is 292. The lowest BCUT2D eigenvalue weighted by molar-refractivity contribution is 0.109. The van der Waals surface area contributed by atoms with E-state index in [1.807, 2.05) is 19.0 Å². The molecule has 0 atom stereocenters. The first-order valence-electron chi connectivity index (χ1n) is 4.19. The second-order valence-corrected chi connectivity index (χ2v) is 3.23. The van der Waals surface area contributed by atoms with Gasteiger partial charge in [-0.05, 0) is 21.0 Å². The first-order chi connectivity index (χ1) is 6.13. The van der Waals surface area contributed by atoms with Crippen molar-refractivity contribution in [2.75, 3.05) is 20.6 Å². The van der Waals surface area contributed by atoms with Crippen LogP contribution < -0.4 is 0 Å². The van der Waals surface area contributed by atoms with Gasteiger partial charge in [0.2, 0.25) is 0 Å². The van der Waals surface area contributed by atoms with E-state index >= 15 is 0 Å². The summed E-state index contributed by atoms with van der Waals surface area (Å²) in [5, 5.41) is 0. The fourth-order valence-electron chi connectivity index (χ4n) is 1.00. The van der Waals surface area contributed by atoms with Crippen LogP contribution in [-0.2, 0) is 6.42 Å². The normalized spacial score (nSPS) is 10.8. The zero-order valence-corrected chi connectivity index (χ0v) is 8.20. The number of nitrogens with zero attached hydrogens (tertiary/aromatic N) is 2. The maximum atomic E-state index is 10.4. The third-order valence-electron chi connectivity index (χ3n) is 1.76. The minimum Gasteiger partial charge on any atom is -0.438 e.